The molecule has 6 rings (SSSR count). The molecule has 266 valence electrons. The third-order valence-corrected chi connectivity index (χ3v) is 11.0. The molecule has 0 bridgehead atoms. The van der Waals surface area contributed by atoms with E-state index in [1.54, 1.807) is 38.2 Å². The standard InChI is InChI=1S/C39H55N5O5/c1-39(2,3)49-38(46)44-19-8-27(9-20-44)24-42-15-10-28(11-16-42)29-12-17-43(18-13-29)26-34-35(47-5)21-30(22-36(34)48-6)33-25-41(4)37(45)32-23-40-14-7-31(32)33/h7,14,21-23,25,27-29H,8-13,15-20,24,26H2,1-6H3. The molecule has 1 aromatic carbocycles. The predicted molar refractivity (Wildman–Crippen MR) is 193 cm³/mol. The lowest BCUT2D eigenvalue weighted by atomic mass is 9.78. The van der Waals surface area contributed by atoms with Gasteiger partial charge in [-0.3, -0.25) is 14.7 Å². The van der Waals surface area contributed by atoms with Crippen LogP contribution < -0.4 is 15.0 Å². The fourth-order valence-corrected chi connectivity index (χ4v) is 8.24. The molecule has 10 heteroatoms. The number of ether oxygens (including phenoxy) is 3. The van der Waals surface area contributed by atoms with Gasteiger partial charge in [-0.25, -0.2) is 4.79 Å². The minimum absolute atomic E-state index is 0.0645. The molecule has 3 aliphatic rings. The SMILES string of the molecule is COc1cc(-c2cn(C)c(=O)c3cnccc23)cc(OC)c1CN1CCC(C2CCN(CC3CCN(C(=O)OC(C)(C)C)CC3)CC2)CC1. The summed E-state index contributed by atoms with van der Waals surface area (Å²) in [6, 6.07) is 6.04. The van der Waals surface area contributed by atoms with E-state index in [2.05, 4.69) is 26.9 Å². The van der Waals surface area contributed by atoms with Crippen LogP contribution in [0.25, 0.3) is 21.9 Å². The number of aromatic nitrogens is 2. The average Bonchev–Trinajstić information content (AvgIpc) is 3.10. The van der Waals surface area contributed by atoms with Gasteiger partial charge in [0.2, 0.25) is 0 Å². The highest BCUT2D eigenvalue weighted by molar-refractivity contribution is 5.95. The van der Waals surface area contributed by atoms with Crippen LogP contribution in [0.1, 0.15) is 64.9 Å². The molecule has 0 saturated carbocycles. The summed E-state index contributed by atoms with van der Waals surface area (Å²) >= 11 is 0. The molecule has 3 aliphatic heterocycles. The van der Waals surface area contributed by atoms with E-state index in [0.717, 1.165) is 97.5 Å². The molecule has 0 spiro atoms. The Labute approximate surface area is 291 Å². The van der Waals surface area contributed by atoms with Gasteiger partial charge < -0.3 is 28.6 Å². The summed E-state index contributed by atoms with van der Waals surface area (Å²) in [5.74, 6) is 3.86. The number of nitrogens with zero attached hydrogens (tertiary/aromatic N) is 5. The highest BCUT2D eigenvalue weighted by Crippen LogP contribution is 2.39. The van der Waals surface area contributed by atoms with Gasteiger partial charge in [0.25, 0.3) is 5.56 Å². The second kappa shape index (κ2) is 15.1. The monoisotopic (exact) mass is 673 g/mol. The van der Waals surface area contributed by atoms with Crippen LogP contribution >= 0.6 is 0 Å². The number of likely N-dealkylation sites (tertiary alicyclic amines) is 3. The Morgan fingerprint density at radius 2 is 1.45 bits per heavy atom. The van der Waals surface area contributed by atoms with Gasteiger partial charge in [-0.1, -0.05) is 0 Å². The molecule has 3 aromatic rings. The zero-order valence-corrected chi connectivity index (χ0v) is 30.4. The lowest BCUT2D eigenvalue weighted by Crippen LogP contribution is -2.45. The van der Waals surface area contributed by atoms with Crippen molar-refractivity contribution in [1.82, 2.24) is 24.3 Å². The van der Waals surface area contributed by atoms with Gasteiger partial charge >= 0.3 is 6.09 Å². The molecule has 10 nitrogen and oxygen atoms in total. The number of pyridine rings is 2. The maximum absolute atomic E-state index is 12.8. The Hall–Kier alpha value is -3.63. The van der Waals surface area contributed by atoms with Crippen molar-refractivity contribution >= 4 is 16.9 Å². The fourth-order valence-electron chi connectivity index (χ4n) is 8.24. The van der Waals surface area contributed by atoms with Crippen LogP contribution in [0.4, 0.5) is 4.79 Å². The summed E-state index contributed by atoms with van der Waals surface area (Å²) in [4.78, 5) is 36.5. The second-order valence-electron chi connectivity index (χ2n) is 15.4. The van der Waals surface area contributed by atoms with Gasteiger partial charge in [0.05, 0.1) is 25.2 Å². The first-order valence-corrected chi connectivity index (χ1v) is 18.1. The summed E-state index contributed by atoms with van der Waals surface area (Å²) in [5, 5.41) is 1.46. The molecule has 49 heavy (non-hydrogen) atoms. The van der Waals surface area contributed by atoms with E-state index in [4.69, 9.17) is 14.2 Å². The highest BCUT2D eigenvalue weighted by atomic mass is 16.6. The fraction of sp³-hybridized carbons (Fsp3) is 0.615. The van der Waals surface area contributed by atoms with Crippen LogP contribution in [0, 0.1) is 17.8 Å². The zero-order chi connectivity index (χ0) is 34.7. The first-order valence-electron chi connectivity index (χ1n) is 18.1. The van der Waals surface area contributed by atoms with Crippen molar-refractivity contribution < 1.29 is 19.0 Å². The number of carbonyl (C=O) groups excluding carboxylic acids is 1. The Balaban J connectivity index is 1.01. The molecule has 3 fully saturated rings. The minimum Gasteiger partial charge on any atom is -0.496 e. The number of carbonyl (C=O) groups is 1. The molecule has 2 aromatic heterocycles. The summed E-state index contributed by atoms with van der Waals surface area (Å²) in [7, 11) is 5.21. The predicted octanol–water partition coefficient (Wildman–Crippen LogP) is 6.19. The van der Waals surface area contributed by atoms with Gasteiger partial charge in [-0.05, 0) is 132 Å². The normalized spacial score (nSPS) is 19.3. The number of fused-ring (bicyclic) bond motifs is 1. The molecule has 0 atom stereocenters. The van der Waals surface area contributed by atoms with Crippen molar-refractivity contribution in [3.8, 4) is 22.6 Å². The van der Waals surface area contributed by atoms with Gasteiger partial charge in [-0.15, -0.1) is 0 Å². The van der Waals surface area contributed by atoms with Crippen molar-refractivity contribution in [2.45, 2.75) is 71.4 Å². The smallest absolute Gasteiger partial charge is 0.410 e. The average molecular weight is 674 g/mol. The van der Waals surface area contributed by atoms with Crippen molar-refractivity contribution in [2.75, 3.05) is 60.0 Å². The summed E-state index contributed by atoms with van der Waals surface area (Å²) in [6.45, 7) is 13.9. The maximum atomic E-state index is 12.8. The first-order chi connectivity index (χ1) is 23.5. The van der Waals surface area contributed by atoms with Crippen LogP contribution in [0.15, 0.2) is 41.6 Å². The number of rotatable bonds is 8. The molecular formula is C39H55N5O5. The van der Waals surface area contributed by atoms with E-state index in [0.29, 0.717) is 11.3 Å². The van der Waals surface area contributed by atoms with E-state index in [9.17, 15) is 9.59 Å². The molecule has 0 unspecified atom stereocenters. The molecule has 5 heterocycles. The second-order valence-corrected chi connectivity index (χ2v) is 15.4. The maximum Gasteiger partial charge on any atom is 0.410 e. The summed E-state index contributed by atoms with van der Waals surface area (Å²) < 4.78 is 19.1. The highest BCUT2D eigenvalue weighted by Gasteiger charge is 2.32. The Bertz CT molecular complexity index is 1630. The van der Waals surface area contributed by atoms with Crippen molar-refractivity contribution in [1.29, 1.82) is 0 Å². The largest absolute Gasteiger partial charge is 0.496 e. The molecule has 0 radical (unpaired) electrons. The third-order valence-electron chi connectivity index (χ3n) is 11.0. The van der Waals surface area contributed by atoms with Crippen LogP contribution in [0.3, 0.4) is 0 Å². The zero-order valence-electron chi connectivity index (χ0n) is 30.4. The summed E-state index contributed by atoms with van der Waals surface area (Å²) in [6.07, 6.45) is 12.3. The quantitative estimate of drug-likeness (QED) is 0.280. The van der Waals surface area contributed by atoms with Crippen LogP contribution in [0.5, 0.6) is 11.5 Å². The van der Waals surface area contributed by atoms with E-state index < -0.39 is 5.60 Å². The first kappa shape index (κ1) is 35.2. The Morgan fingerprint density at radius 3 is 2.02 bits per heavy atom. The molecule has 3 saturated heterocycles. The van der Waals surface area contributed by atoms with Crippen molar-refractivity contribution in [3.05, 3.63) is 52.7 Å². The minimum atomic E-state index is -0.440. The number of benzene rings is 1. The lowest BCUT2D eigenvalue weighted by molar-refractivity contribution is 0.0158. The number of amides is 1. The van der Waals surface area contributed by atoms with Crippen LogP contribution in [0.2, 0.25) is 0 Å². The van der Waals surface area contributed by atoms with Gasteiger partial charge in [0, 0.05) is 57.4 Å². The number of hydrogen-bond donors (Lipinski definition) is 0. The van der Waals surface area contributed by atoms with Crippen molar-refractivity contribution in [2.24, 2.45) is 24.8 Å². The van der Waals surface area contributed by atoms with Gasteiger partial charge in [0.1, 0.15) is 17.1 Å². The third kappa shape index (κ3) is 8.23. The number of aryl methyl sites for hydroxylation is 1. The lowest BCUT2D eigenvalue weighted by Gasteiger charge is -2.42. The summed E-state index contributed by atoms with van der Waals surface area (Å²) in [5.41, 5.74) is 2.45. The molecule has 0 N–H and O–H groups in total. The van der Waals surface area contributed by atoms with Crippen LogP contribution in [-0.4, -0.2) is 96.0 Å². The topological polar surface area (TPSA) is 89.4 Å². The van der Waals surface area contributed by atoms with Gasteiger partial charge in [-0.2, -0.15) is 0 Å². The molecular weight excluding hydrogens is 618 g/mol. The van der Waals surface area contributed by atoms with E-state index in [1.165, 1.54) is 38.8 Å². The number of methoxy groups -OCH3 is 2. The van der Waals surface area contributed by atoms with E-state index >= 15 is 0 Å². The van der Waals surface area contributed by atoms with Crippen molar-refractivity contribution in [3.63, 3.8) is 0 Å². The van der Waals surface area contributed by atoms with Gasteiger partial charge in [0.15, 0.2) is 0 Å². The Kier molecular flexibility index (Phi) is 10.8. The van der Waals surface area contributed by atoms with Crippen LogP contribution in [-0.2, 0) is 18.3 Å². The molecule has 0 aliphatic carbocycles. The molecule has 1 amide bonds. The number of hydrogen-bond acceptors (Lipinski definition) is 8. The number of piperidine rings is 3. The van der Waals surface area contributed by atoms with E-state index in [-0.39, 0.29) is 11.7 Å². The van der Waals surface area contributed by atoms with E-state index in [1.807, 2.05) is 37.9 Å². The Morgan fingerprint density at radius 1 is 0.857 bits per heavy atom.